The number of pyridine rings is 1. The highest BCUT2D eigenvalue weighted by atomic mass is 32.1. The molecule has 2 aromatic heterocycles. The van der Waals surface area contributed by atoms with Gasteiger partial charge in [0.05, 0.1) is 11.1 Å². The van der Waals surface area contributed by atoms with Crippen molar-refractivity contribution in [1.29, 1.82) is 0 Å². The molecule has 3 saturated heterocycles. The third-order valence-corrected chi connectivity index (χ3v) is 5.50. The minimum atomic E-state index is -0.110. The minimum Gasteiger partial charge on any atom is -0.462 e. The zero-order valence-electron chi connectivity index (χ0n) is 12.5. The number of piperidine rings is 3. The number of hydrogen-bond acceptors (Lipinski definition) is 5. The number of fused-ring (bicyclic) bond motifs is 4. The predicted molar refractivity (Wildman–Crippen MR) is 86.3 cm³/mol. The molecule has 5 heterocycles. The van der Waals surface area contributed by atoms with Crippen LogP contribution in [0.25, 0.3) is 11.0 Å². The molecule has 0 radical (unpaired) electrons. The summed E-state index contributed by atoms with van der Waals surface area (Å²) in [4.78, 5) is 20.0. The zero-order valence-corrected chi connectivity index (χ0v) is 13.3. The number of nitrogens with zero attached hydrogens (tertiary/aromatic N) is 2. The third-order valence-electron chi connectivity index (χ3n) is 5.15. The molecular formula is C16H19N3O2S. The molecule has 6 heteroatoms. The molecule has 22 heavy (non-hydrogen) atoms. The Kier molecular flexibility index (Phi) is 3.38. The molecule has 3 aliphatic rings. The minimum absolute atomic E-state index is 0.110. The number of thiol groups is 1. The number of furan rings is 1. The average Bonchev–Trinajstić information content (AvgIpc) is 2.92. The molecule has 1 amide bonds. The quantitative estimate of drug-likeness (QED) is 0.835. The van der Waals surface area contributed by atoms with E-state index in [1.807, 2.05) is 0 Å². The van der Waals surface area contributed by atoms with Gasteiger partial charge < -0.3 is 9.73 Å². The lowest BCUT2D eigenvalue weighted by atomic mass is 9.79. The summed E-state index contributed by atoms with van der Waals surface area (Å²) in [5, 5.41) is 4.02. The van der Waals surface area contributed by atoms with Crippen LogP contribution in [0, 0.1) is 5.92 Å². The van der Waals surface area contributed by atoms with Crippen molar-refractivity contribution in [2.75, 3.05) is 13.1 Å². The van der Waals surface area contributed by atoms with Crippen molar-refractivity contribution in [3.63, 3.8) is 0 Å². The molecule has 0 spiro atoms. The van der Waals surface area contributed by atoms with Gasteiger partial charge in [0.15, 0.2) is 5.58 Å². The summed E-state index contributed by atoms with van der Waals surface area (Å²) in [7, 11) is 0. The highest BCUT2D eigenvalue weighted by molar-refractivity contribution is 7.80. The Bertz CT molecular complexity index is 719. The van der Waals surface area contributed by atoms with Crippen LogP contribution in [-0.4, -0.2) is 41.0 Å². The average molecular weight is 317 g/mol. The van der Waals surface area contributed by atoms with Crippen LogP contribution < -0.4 is 5.32 Å². The fraction of sp³-hybridized carbons (Fsp3) is 0.500. The fourth-order valence-electron chi connectivity index (χ4n) is 3.81. The molecule has 3 aliphatic heterocycles. The first-order valence-corrected chi connectivity index (χ1v) is 8.19. The molecule has 0 saturated carbocycles. The van der Waals surface area contributed by atoms with E-state index in [2.05, 4.69) is 34.8 Å². The maximum absolute atomic E-state index is 12.6. The van der Waals surface area contributed by atoms with Crippen LogP contribution >= 0.6 is 12.6 Å². The Balaban J connectivity index is 1.57. The van der Waals surface area contributed by atoms with Crippen molar-refractivity contribution in [3.8, 4) is 0 Å². The van der Waals surface area contributed by atoms with Gasteiger partial charge >= 0.3 is 0 Å². The predicted octanol–water partition coefficient (Wildman–Crippen LogP) is 2.33. The first kappa shape index (κ1) is 14.1. The van der Waals surface area contributed by atoms with E-state index in [0.29, 0.717) is 23.2 Å². The van der Waals surface area contributed by atoms with E-state index in [4.69, 9.17) is 4.42 Å². The Morgan fingerprint density at radius 1 is 1.45 bits per heavy atom. The summed E-state index contributed by atoms with van der Waals surface area (Å²) in [5.74, 6) is 0.475. The molecule has 0 aliphatic carbocycles. The number of rotatable bonds is 2. The zero-order chi connectivity index (χ0) is 15.3. The summed E-state index contributed by atoms with van der Waals surface area (Å²) in [6.45, 7) is 4.51. The second-order valence-electron chi connectivity index (χ2n) is 6.30. The summed E-state index contributed by atoms with van der Waals surface area (Å²) in [6, 6.07) is 2.37. The Hall–Kier alpha value is -1.53. The molecule has 3 fully saturated rings. The van der Waals surface area contributed by atoms with Crippen LogP contribution in [0.15, 0.2) is 27.8 Å². The lowest BCUT2D eigenvalue weighted by molar-refractivity contribution is 0.0216. The standard InChI is InChI=1S/C16H19N3O2S/c1-9-15(10-2-4-19(9)5-3-10)18-16(20)12-6-11-13(7-17-12)21-8-14(11)22/h6-10,15,22H,2-5H2,1H3,(H,18,20)/t9-,15-/m0/s1. The van der Waals surface area contributed by atoms with Crippen LogP contribution in [0.1, 0.15) is 30.3 Å². The van der Waals surface area contributed by atoms with Gasteiger partial charge in [-0.05, 0) is 44.8 Å². The van der Waals surface area contributed by atoms with Gasteiger partial charge in [0, 0.05) is 17.5 Å². The molecule has 2 aromatic rings. The Labute approximate surface area is 134 Å². The van der Waals surface area contributed by atoms with Crippen molar-refractivity contribution in [2.45, 2.75) is 36.7 Å². The van der Waals surface area contributed by atoms with Crippen LogP contribution in [0.5, 0.6) is 0 Å². The number of amides is 1. The van der Waals surface area contributed by atoms with Crippen LogP contribution in [-0.2, 0) is 0 Å². The molecule has 1 N–H and O–H groups in total. The van der Waals surface area contributed by atoms with E-state index in [1.165, 1.54) is 12.8 Å². The van der Waals surface area contributed by atoms with E-state index < -0.39 is 0 Å². The van der Waals surface area contributed by atoms with Crippen molar-refractivity contribution >= 4 is 29.5 Å². The molecule has 2 bridgehead atoms. The Morgan fingerprint density at radius 3 is 2.95 bits per heavy atom. The largest absolute Gasteiger partial charge is 0.462 e. The lowest BCUT2D eigenvalue weighted by Gasteiger charge is -2.49. The SMILES string of the molecule is C[C@H]1[C@H](NC(=O)c2cc3c(S)coc3cn2)C2CCN1CC2. The molecule has 116 valence electrons. The second kappa shape index (κ2) is 5.28. The van der Waals surface area contributed by atoms with Crippen molar-refractivity contribution in [1.82, 2.24) is 15.2 Å². The first-order chi connectivity index (χ1) is 10.6. The van der Waals surface area contributed by atoms with Crippen LogP contribution in [0.2, 0.25) is 0 Å². The summed E-state index contributed by atoms with van der Waals surface area (Å²) in [6.07, 6.45) is 5.49. The molecular weight excluding hydrogens is 298 g/mol. The van der Waals surface area contributed by atoms with E-state index in [-0.39, 0.29) is 11.9 Å². The fourth-order valence-corrected chi connectivity index (χ4v) is 4.04. The smallest absolute Gasteiger partial charge is 0.270 e. The van der Waals surface area contributed by atoms with Crippen molar-refractivity contribution < 1.29 is 9.21 Å². The van der Waals surface area contributed by atoms with Crippen molar-refractivity contribution in [2.24, 2.45) is 5.92 Å². The van der Waals surface area contributed by atoms with Gasteiger partial charge in [-0.3, -0.25) is 9.69 Å². The van der Waals surface area contributed by atoms with Gasteiger partial charge in [0.1, 0.15) is 12.0 Å². The second-order valence-corrected chi connectivity index (χ2v) is 6.78. The molecule has 5 rings (SSSR count). The van der Waals surface area contributed by atoms with Gasteiger partial charge in [0.2, 0.25) is 0 Å². The number of carbonyl (C=O) groups excluding carboxylic acids is 1. The molecule has 5 nitrogen and oxygen atoms in total. The van der Waals surface area contributed by atoms with Crippen molar-refractivity contribution in [3.05, 3.63) is 24.2 Å². The number of aromatic nitrogens is 1. The number of nitrogens with one attached hydrogen (secondary N) is 1. The number of carbonyl (C=O) groups is 1. The van der Waals surface area contributed by atoms with Crippen LogP contribution in [0.3, 0.4) is 0 Å². The van der Waals surface area contributed by atoms with E-state index in [0.717, 1.165) is 23.4 Å². The maximum atomic E-state index is 12.6. The van der Waals surface area contributed by atoms with Gasteiger partial charge in [-0.25, -0.2) is 4.98 Å². The van der Waals surface area contributed by atoms with E-state index >= 15 is 0 Å². The summed E-state index contributed by atoms with van der Waals surface area (Å²) in [5.41, 5.74) is 1.07. The van der Waals surface area contributed by atoms with Gasteiger partial charge in [-0.15, -0.1) is 12.6 Å². The normalized spacial score (nSPS) is 30.6. The van der Waals surface area contributed by atoms with Gasteiger partial charge in [-0.1, -0.05) is 0 Å². The highest BCUT2D eigenvalue weighted by Gasteiger charge is 2.40. The molecule has 0 unspecified atom stereocenters. The topological polar surface area (TPSA) is 58.4 Å². The number of hydrogen-bond donors (Lipinski definition) is 2. The highest BCUT2D eigenvalue weighted by Crippen LogP contribution is 2.32. The monoisotopic (exact) mass is 317 g/mol. The summed E-state index contributed by atoms with van der Waals surface area (Å²) >= 11 is 4.34. The summed E-state index contributed by atoms with van der Waals surface area (Å²) < 4.78 is 5.31. The van der Waals surface area contributed by atoms with Gasteiger partial charge in [0.25, 0.3) is 5.91 Å². The van der Waals surface area contributed by atoms with Crippen LogP contribution in [0.4, 0.5) is 0 Å². The van der Waals surface area contributed by atoms with Gasteiger partial charge in [-0.2, -0.15) is 0 Å². The lowest BCUT2D eigenvalue weighted by Crippen LogP contribution is -2.62. The molecule has 0 aromatic carbocycles. The third kappa shape index (κ3) is 2.21. The first-order valence-electron chi connectivity index (χ1n) is 7.74. The van der Waals surface area contributed by atoms with E-state index in [1.54, 1.807) is 18.5 Å². The van der Waals surface area contributed by atoms with E-state index in [9.17, 15) is 4.79 Å². The Morgan fingerprint density at radius 2 is 2.23 bits per heavy atom. The molecule has 2 atom stereocenters. The maximum Gasteiger partial charge on any atom is 0.270 e.